The molecular weight excluding hydrogens is 217 g/mol. The highest BCUT2D eigenvalue weighted by molar-refractivity contribution is 6.30. The van der Waals surface area contributed by atoms with E-state index in [9.17, 15) is 4.39 Å². The lowest BCUT2D eigenvalue weighted by Gasteiger charge is -2.24. The number of benzene rings is 1. The molecule has 15 heavy (non-hydrogen) atoms. The molecule has 0 bridgehead atoms. The highest BCUT2D eigenvalue weighted by Crippen LogP contribution is 2.23. The summed E-state index contributed by atoms with van der Waals surface area (Å²) >= 11 is 5.65. The van der Waals surface area contributed by atoms with Crippen LogP contribution in [0.3, 0.4) is 0 Å². The molecular formula is C11H13ClFNO. The standard InChI is InChI=1S/C11H13ClFNO/c12-8-3-4-11(10(13)6-8)15-9-2-1-5-14-7-9/h3-4,6,9,14H,1-2,5,7H2/t9-/m0/s1. The third kappa shape index (κ3) is 2.83. The molecule has 1 fully saturated rings. The quantitative estimate of drug-likeness (QED) is 0.842. The van der Waals surface area contributed by atoms with Crippen LogP contribution in [0.2, 0.25) is 5.02 Å². The van der Waals surface area contributed by atoms with E-state index in [0.29, 0.717) is 5.02 Å². The van der Waals surface area contributed by atoms with Gasteiger partial charge in [0.1, 0.15) is 6.10 Å². The molecule has 0 radical (unpaired) electrons. The van der Waals surface area contributed by atoms with E-state index in [2.05, 4.69) is 5.32 Å². The first-order valence-electron chi connectivity index (χ1n) is 5.08. The molecule has 0 aliphatic carbocycles. The topological polar surface area (TPSA) is 21.3 Å². The second-order valence-corrected chi connectivity index (χ2v) is 4.10. The van der Waals surface area contributed by atoms with Crippen molar-refractivity contribution in [2.75, 3.05) is 13.1 Å². The van der Waals surface area contributed by atoms with Gasteiger partial charge in [0.05, 0.1) is 0 Å². The normalized spacial score (nSPS) is 21.3. The van der Waals surface area contributed by atoms with E-state index < -0.39 is 5.82 Å². The molecule has 1 aliphatic heterocycles. The van der Waals surface area contributed by atoms with Gasteiger partial charge in [-0.2, -0.15) is 0 Å². The molecule has 0 saturated carbocycles. The maximum absolute atomic E-state index is 13.4. The largest absolute Gasteiger partial charge is 0.486 e. The summed E-state index contributed by atoms with van der Waals surface area (Å²) in [6, 6.07) is 4.48. The zero-order chi connectivity index (χ0) is 10.7. The Morgan fingerprint density at radius 1 is 1.47 bits per heavy atom. The first-order valence-corrected chi connectivity index (χ1v) is 5.46. The average molecular weight is 230 g/mol. The number of rotatable bonds is 2. The van der Waals surface area contributed by atoms with Crippen LogP contribution in [0.15, 0.2) is 18.2 Å². The molecule has 1 heterocycles. The molecule has 1 aromatic carbocycles. The van der Waals surface area contributed by atoms with E-state index in [1.54, 1.807) is 12.1 Å². The van der Waals surface area contributed by atoms with Crippen LogP contribution in [0.5, 0.6) is 5.75 Å². The average Bonchev–Trinajstić information content (AvgIpc) is 2.24. The molecule has 2 rings (SSSR count). The number of ether oxygens (including phenoxy) is 1. The van der Waals surface area contributed by atoms with E-state index >= 15 is 0 Å². The van der Waals surface area contributed by atoms with Crippen molar-refractivity contribution in [2.24, 2.45) is 0 Å². The highest BCUT2D eigenvalue weighted by Gasteiger charge is 2.16. The lowest BCUT2D eigenvalue weighted by atomic mass is 10.1. The molecule has 0 amide bonds. The van der Waals surface area contributed by atoms with Crippen molar-refractivity contribution in [1.82, 2.24) is 5.32 Å². The predicted molar refractivity (Wildman–Crippen MR) is 57.9 cm³/mol. The van der Waals surface area contributed by atoms with Crippen molar-refractivity contribution in [3.8, 4) is 5.75 Å². The van der Waals surface area contributed by atoms with Gasteiger partial charge in [0, 0.05) is 11.6 Å². The van der Waals surface area contributed by atoms with Gasteiger partial charge < -0.3 is 10.1 Å². The summed E-state index contributed by atoms with van der Waals surface area (Å²) in [7, 11) is 0. The van der Waals surface area contributed by atoms with E-state index in [-0.39, 0.29) is 11.9 Å². The molecule has 0 spiro atoms. The van der Waals surface area contributed by atoms with Crippen molar-refractivity contribution >= 4 is 11.6 Å². The molecule has 4 heteroatoms. The second-order valence-electron chi connectivity index (χ2n) is 3.66. The minimum Gasteiger partial charge on any atom is -0.486 e. The van der Waals surface area contributed by atoms with Crippen molar-refractivity contribution in [2.45, 2.75) is 18.9 Å². The smallest absolute Gasteiger partial charge is 0.166 e. The van der Waals surface area contributed by atoms with Gasteiger partial charge in [-0.05, 0) is 37.6 Å². The third-order valence-electron chi connectivity index (χ3n) is 2.44. The van der Waals surface area contributed by atoms with Gasteiger partial charge in [-0.3, -0.25) is 0 Å². The fourth-order valence-electron chi connectivity index (χ4n) is 1.67. The number of hydrogen-bond donors (Lipinski definition) is 1. The molecule has 1 saturated heterocycles. The van der Waals surface area contributed by atoms with Crippen LogP contribution < -0.4 is 10.1 Å². The number of hydrogen-bond acceptors (Lipinski definition) is 2. The maximum Gasteiger partial charge on any atom is 0.166 e. The third-order valence-corrected chi connectivity index (χ3v) is 2.67. The number of halogens is 2. The first-order chi connectivity index (χ1) is 7.25. The molecule has 1 aromatic rings. The summed E-state index contributed by atoms with van der Waals surface area (Å²) in [5.41, 5.74) is 0. The summed E-state index contributed by atoms with van der Waals surface area (Å²) in [6.45, 7) is 1.80. The predicted octanol–water partition coefficient (Wildman–Crippen LogP) is 2.61. The Labute approximate surface area is 93.4 Å². The van der Waals surface area contributed by atoms with Gasteiger partial charge in [0.15, 0.2) is 11.6 Å². The Hall–Kier alpha value is -0.800. The molecule has 1 N–H and O–H groups in total. The van der Waals surface area contributed by atoms with E-state index in [1.807, 2.05) is 0 Å². The molecule has 82 valence electrons. The van der Waals surface area contributed by atoms with Gasteiger partial charge >= 0.3 is 0 Å². The van der Waals surface area contributed by atoms with Gasteiger partial charge in [0.2, 0.25) is 0 Å². The van der Waals surface area contributed by atoms with E-state index in [0.717, 1.165) is 25.9 Å². The minimum atomic E-state index is -0.395. The van der Waals surface area contributed by atoms with Gasteiger partial charge in [-0.25, -0.2) is 4.39 Å². The number of piperidine rings is 1. The SMILES string of the molecule is Fc1cc(Cl)ccc1O[C@H]1CCCNC1. The fraction of sp³-hybridized carbons (Fsp3) is 0.455. The monoisotopic (exact) mass is 229 g/mol. The van der Waals surface area contributed by atoms with E-state index in [4.69, 9.17) is 16.3 Å². The minimum absolute atomic E-state index is 0.0643. The maximum atomic E-state index is 13.4. The van der Waals surface area contributed by atoms with Crippen LogP contribution in [0.25, 0.3) is 0 Å². The van der Waals surface area contributed by atoms with Crippen molar-refractivity contribution in [3.05, 3.63) is 29.0 Å². The zero-order valence-electron chi connectivity index (χ0n) is 8.30. The summed E-state index contributed by atoms with van der Waals surface area (Å²) < 4.78 is 18.9. The van der Waals surface area contributed by atoms with Crippen molar-refractivity contribution < 1.29 is 9.13 Å². The number of nitrogens with one attached hydrogen (secondary N) is 1. The Morgan fingerprint density at radius 2 is 2.33 bits per heavy atom. The van der Waals surface area contributed by atoms with Crippen LogP contribution in [-0.2, 0) is 0 Å². The Morgan fingerprint density at radius 3 is 3.00 bits per heavy atom. The summed E-state index contributed by atoms with van der Waals surface area (Å²) in [4.78, 5) is 0. The highest BCUT2D eigenvalue weighted by atomic mass is 35.5. The zero-order valence-corrected chi connectivity index (χ0v) is 9.06. The molecule has 1 atom stereocenters. The molecule has 2 nitrogen and oxygen atoms in total. The second kappa shape index (κ2) is 4.81. The van der Waals surface area contributed by atoms with Crippen LogP contribution in [0.1, 0.15) is 12.8 Å². The van der Waals surface area contributed by atoms with Gasteiger partial charge in [-0.15, -0.1) is 0 Å². The Bertz CT molecular complexity index is 339. The van der Waals surface area contributed by atoms with Crippen LogP contribution in [0.4, 0.5) is 4.39 Å². The fourth-order valence-corrected chi connectivity index (χ4v) is 1.83. The van der Waals surface area contributed by atoms with Crippen LogP contribution in [0, 0.1) is 5.82 Å². The van der Waals surface area contributed by atoms with Gasteiger partial charge in [-0.1, -0.05) is 11.6 Å². The molecule has 0 unspecified atom stereocenters. The summed E-state index contributed by atoms with van der Waals surface area (Å²) in [5, 5.41) is 3.60. The summed E-state index contributed by atoms with van der Waals surface area (Å²) in [6.07, 6.45) is 2.10. The first kappa shape index (κ1) is 10.7. The van der Waals surface area contributed by atoms with Crippen molar-refractivity contribution in [3.63, 3.8) is 0 Å². The summed E-state index contributed by atoms with van der Waals surface area (Å²) in [5.74, 6) is -0.110. The van der Waals surface area contributed by atoms with Crippen LogP contribution in [-0.4, -0.2) is 19.2 Å². The molecule has 1 aliphatic rings. The van der Waals surface area contributed by atoms with Crippen LogP contribution >= 0.6 is 11.6 Å². The lowest BCUT2D eigenvalue weighted by molar-refractivity contribution is 0.160. The van der Waals surface area contributed by atoms with Crippen molar-refractivity contribution in [1.29, 1.82) is 0 Å². The van der Waals surface area contributed by atoms with E-state index in [1.165, 1.54) is 6.07 Å². The van der Waals surface area contributed by atoms with Gasteiger partial charge in [0.25, 0.3) is 0 Å². The molecule has 0 aromatic heterocycles. The Kier molecular flexibility index (Phi) is 3.44. The Balaban J connectivity index is 2.03. The lowest BCUT2D eigenvalue weighted by Crippen LogP contribution is -2.37.